The van der Waals surface area contributed by atoms with Crippen LogP contribution in [0.25, 0.3) is 120 Å². The first kappa shape index (κ1) is 77.2. The molecular formula is C116H76N10. The predicted octanol–water partition coefficient (Wildman–Crippen LogP) is 30.8. The van der Waals surface area contributed by atoms with Crippen LogP contribution in [0.5, 0.6) is 0 Å². The third kappa shape index (κ3) is 13.5. The number of hydrogen-bond acceptors (Lipinski definition) is 10. The molecule has 0 saturated carbocycles. The average Bonchev–Trinajstić information content (AvgIpc) is 0.718. The lowest BCUT2D eigenvalue weighted by atomic mass is 9.91. The summed E-state index contributed by atoms with van der Waals surface area (Å²) in [5.74, 6) is 0. The van der Waals surface area contributed by atoms with Gasteiger partial charge in [-0.05, 0) is 319 Å². The van der Waals surface area contributed by atoms with Crippen LogP contribution in [0.15, 0.2) is 352 Å². The van der Waals surface area contributed by atoms with Gasteiger partial charge in [-0.2, -0.15) is 31.6 Å². The molecule has 0 aliphatic rings. The van der Waals surface area contributed by atoms with Crippen LogP contribution in [0.1, 0.15) is 66.8 Å². The molecular weight excluding hydrogens is 1530 g/mol. The van der Waals surface area contributed by atoms with Gasteiger partial charge in [0, 0.05) is 67.0 Å². The lowest BCUT2D eigenvalue weighted by Crippen LogP contribution is -2.14. The Labute approximate surface area is 731 Å². The molecule has 20 rings (SSSR count). The SMILES string of the molecule is Cc1ccc(-c2ccc(C#N)cc2)cc1N(c1cccc(C#N)c1)c1ccc2ccc3c(N(c4cc(C#N)cc(-c5ccc(C)c(N(c6cc(-c7ccc(C#N)cc7)ccc6C)c6ccc7ccc8c(N(c9ccccc9C)c9cc(-c%10ccc(C#N)cc%10)ccc9C)ccc9ccc6c7c98)c5)c4)c4cc(-c5ccc(C#N)cc5)ccc4C)ccc4ccc1c2c43. The summed E-state index contributed by atoms with van der Waals surface area (Å²) in [6, 6.07) is 136. The van der Waals surface area contributed by atoms with E-state index in [0.29, 0.717) is 33.4 Å². The largest absolute Gasteiger partial charge is 0.310 e. The van der Waals surface area contributed by atoms with Crippen molar-refractivity contribution in [1.82, 2.24) is 0 Å². The molecule has 20 aromatic rings. The van der Waals surface area contributed by atoms with Gasteiger partial charge in [0.05, 0.1) is 92.5 Å². The van der Waals surface area contributed by atoms with Crippen LogP contribution in [-0.2, 0) is 0 Å². The van der Waals surface area contributed by atoms with Crippen molar-refractivity contribution in [1.29, 1.82) is 31.6 Å². The molecule has 10 heteroatoms. The molecule has 0 aromatic heterocycles. The van der Waals surface area contributed by atoms with Crippen molar-refractivity contribution in [3.63, 3.8) is 0 Å². The zero-order valence-electron chi connectivity index (χ0n) is 70.0. The van der Waals surface area contributed by atoms with Crippen LogP contribution in [0.2, 0.25) is 0 Å². The van der Waals surface area contributed by atoms with Crippen LogP contribution in [0.4, 0.5) is 68.2 Å². The molecule has 590 valence electrons. The number of anilines is 12. The number of nitrogens with zero attached hydrogens (tertiary/aromatic N) is 10. The van der Waals surface area contributed by atoms with Gasteiger partial charge in [0.1, 0.15) is 0 Å². The molecule has 0 atom stereocenters. The quantitative estimate of drug-likeness (QED) is 0.0804. The lowest BCUT2D eigenvalue weighted by Gasteiger charge is -2.32. The van der Waals surface area contributed by atoms with E-state index in [9.17, 15) is 31.6 Å². The highest BCUT2D eigenvalue weighted by Crippen LogP contribution is 2.54. The zero-order chi connectivity index (χ0) is 86.1. The van der Waals surface area contributed by atoms with Crippen LogP contribution in [-0.4, -0.2) is 0 Å². The van der Waals surface area contributed by atoms with E-state index in [1.807, 2.05) is 127 Å². The van der Waals surface area contributed by atoms with Gasteiger partial charge in [-0.1, -0.05) is 206 Å². The second-order valence-electron chi connectivity index (χ2n) is 32.6. The minimum Gasteiger partial charge on any atom is -0.310 e. The topological polar surface area (TPSA) is 156 Å². The van der Waals surface area contributed by atoms with Gasteiger partial charge in [0.25, 0.3) is 0 Å². The fourth-order valence-corrected chi connectivity index (χ4v) is 18.5. The zero-order valence-corrected chi connectivity index (χ0v) is 70.0. The average molecular weight is 1610 g/mol. The molecule has 0 unspecified atom stereocenters. The summed E-state index contributed by atoms with van der Waals surface area (Å²) in [6.45, 7) is 12.9. The van der Waals surface area contributed by atoms with E-state index in [-0.39, 0.29) is 0 Å². The summed E-state index contributed by atoms with van der Waals surface area (Å²) >= 11 is 0. The normalized spacial score (nSPS) is 11.2. The summed E-state index contributed by atoms with van der Waals surface area (Å²) in [4.78, 5) is 9.44. The van der Waals surface area contributed by atoms with Gasteiger partial charge in [-0.25, -0.2) is 0 Å². The Bertz CT molecular complexity index is 8120. The first-order valence-corrected chi connectivity index (χ1v) is 41.9. The van der Waals surface area contributed by atoms with Gasteiger partial charge < -0.3 is 19.6 Å². The van der Waals surface area contributed by atoms with Crippen molar-refractivity contribution < 1.29 is 0 Å². The van der Waals surface area contributed by atoms with Crippen LogP contribution >= 0.6 is 0 Å². The van der Waals surface area contributed by atoms with Gasteiger partial charge in [-0.15, -0.1) is 0 Å². The van der Waals surface area contributed by atoms with E-state index in [1.165, 1.54) is 0 Å². The molecule has 0 spiro atoms. The molecule has 0 heterocycles. The summed E-state index contributed by atoms with van der Waals surface area (Å²) in [7, 11) is 0. The fraction of sp³-hybridized carbons (Fsp3) is 0.0517. The van der Waals surface area contributed by atoms with Gasteiger partial charge in [0.2, 0.25) is 0 Å². The van der Waals surface area contributed by atoms with Gasteiger partial charge in [-0.3, -0.25) is 0 Å². The number of nitriles is 6. The molecule has 0 radical (unpaired) electrons. The predicted molar refractivity (Wildman–Crippen MR) is 516 cm³/mol. The Hall–Kier alpha value is -17.4. The van der Waals surface area contributed by atoms with E-state index in [0.717, 1.165) is 222 Å². The molecule has 0 bridgehead atoms. The van der Waals surface area contributed by atoms with Crippen molar-refractivity contribution in [2.75, 3.05) is 19.6 Å². The number of hydrogen-bond donors (Lipinski definition) is 0. The molecule has 0 saturated heterocycles. The standard InChI is InChI=1S/C116H76N10/c1-71-10-7-8-13-103(71)125(110-62-93(29-16-74(110)4)85-36-23-79(67-119)24-37-85)106-54-46-89-43-51-102-107(55-47-90-42-50-101(106)115(89)116(90)102)126(111-63-94(30-17-75(111)5)86-38-25-80(68-120)26-39-86)112-64-95(31-18-76(112)6)96-56-82(70-122)58-98(59-96)124(109-61-92(28-15-73(109)3)84-34-21-78(66-118)22-35-84)105-53-45-88-40-48-99-104(52-44-87-41-49-100(105)114(88)113(87)99)123(97-12-9-11-81(57-97)69-121)108-60-91(27-14-72(108)2)83-32-19-77(65-117)20-33-83/h7-64H,1-6H3. The highest BCUT2D eigenvalue weighted by atomic mass is 15.2. The van der Waals surface area contributed by atoms with E-state index in [4.69, 9.17) is 0 Å². The monoisotopic (exact) mass is 1610 g/mol. The Kier molecular flexibility index (Phi) is 19.4. The number of para-hydroxylation sites is 1. The molecule has 0 amide bonds. The fourth-order valence-electron chi connectivity index (χ4n) is 18.5. The van der Waals surface area contributed by atoms with E-state index in [2.05, 4.69) is 322 Å². The van der Waals surface area contributed by atoms with Crippen LogP contribution in [0.3, 0.4) is 0 Å². The Balaban J connectivity index is 0.782. The number of benzene rings is 20. The van der Waals surface area contributed by atoms with Crippen molar-refractivity contribution in [2.45, 2.75) is 41.5 Å². The van der Waals surface area contributed by atoms with Crippen molar-refractivity contribution in [3.05, 3.63) is 419 Å². The third-order valence-corrected chi connectivity index (χ3v) is 25.1. The highest BCUT2D eigenvalue weighted by molar-refractivity contribution is 6.30. The molecule has 10 nitrogen and oxygen atoms in total. The molecule has 0 fully saturated rings. The highest BCUT2D eigenvalue weighted by Gasteiger charge is 2.30. The van der Waals surface area contributed by atoms with Crippen molar-refractivity contribution in [2.24, 2.45) is 0 Å². The number of aryl methyl sites for hydroxylation is 6. The third-order valence-electron chi connectivity index (χ3n) is 25.1. The smallest absolute Gasteiger partial charge is 0.0992 e. The molecule has 20 aromatic carbocycles. The Morgan fingerprint density at radius 3 is 0.770 bits per heavy atom. The molecule has 0 aliphatic carbocycles. The maximum absolute atomic E-state index is 11.7. The van der Waals surface area contributed by atoms with Gasteiger partial charge in [0.15, 0.2) is 0 Å². The number of rotatable bonds is 17. The van der Waals surface area contributed by atoms with Crippen molar-refractivity contribution in [3.8, 4) is 92.0 Å². The van der Waals surface area contributed by atoms with Crippen LogP contribution in [0, 0.1) is 110 Å². The minimum atomic E-state index is 0.459. The lowest BCUT2D eigenvalue weighted by molar-refractivity contribution is 1.23. The molecule has 0 N–H and O–H groups in total. The summed E-state index contributed by atoms with van der Waals surface area (Å²) in [5.41, 5.74) is 30.3. The Morgan fingerprint density at radius 1 is 0.167 bits per heavy atom. The van der Waals surface area contributed by atoms with Crippen LogP contribution < -0.4 is 19.6 Å². The first-order chi connectivity index (χ1) is 61.6. The van der Waals surface area contributed by atoms with Crippen molar-refractivity contribution >= 4 is 133 Å². The first-order valence-electron chi connectivity index (χ1n) is 41.9. The maximum Gasteiger partial charge on any atom is 0.0992 e. The summed E-state index contributed by atoms with van der Waals surface area (Å²) in [6.07, 6.45) is 0. The summed E-state index contributed by atoms with van der Waals surface area (Å²) in [5, 5.41) is 74.5. The van der Waals surface area contributed by atoms with E-state index >= 15 is 0 Å². The molecule has 126 heavy (non-hydrogen) atoms. The van der Waals surface area contributed by atoms with E-state index in [1.54, 1.807) is 0 Å². The van der Waals surface area contributed by atoms with Gasteiger partial charge >= 0.3 is 0 Å². The summed E-state index contributed by atoms with van der Waals surface area (Å²) < 4.78 is 0. The van der Waals surface area contributed by atoms with E-state index < -0.39 is 0 Å². The minimum absolute atomic E-state index is 0.459. The maximum atomic E-state index is 11.7. The Morgan fingerprint density at radius 2 is 0.437 bits per heavy atom. The second kappa shape index (κ2) is 31.6. The molecule has 0 aliphatic heterocycles. The second-order valence-corrected chi connectivity index (χ2v) is 32.6.